The Labute approximate surface area is 140 Å². The van der Waals surface area contributed by atoms with Gasteiger partial charge < -0.3 is 0 Å². The number of thiazole rings is 1. The van der Waals surface area contributed by atoms with E-state index in [1.807, 2.05) is 0 Å². The van der Waals surface area contributed by atoms with E-state index in [1.165, 1.54) is 55.2 Å². The first-order valence-electron chi connectivity index (χ1n) is 8.13. The highest BCUT2D eigenvalue weighted by molar-refractivity contribution is 7.09. The molecule has 0 atom stereocenters. The minimum atomic E-state index is 0.475. The van der Waals surface area contributed by atoms with E-state index in [-0.39, 0.29) is 0 Å². The molecule has 2 aliphatic rings. The van der Waals surface area contributed by atoms with Crippen molar-refractivity contribution in [3.05, 3.63) is 38.5 Å². The highest BCUT2D eigenvalue weighted by Crippen LogP contribution is 2.41. The van der Waals surface area contributed by atoms with Crippen LogP contribution in [-0.2, 0) is 13.1 Å². The average molecular weight is 334 g/mol. The summed E-state index contributed by atoms with van der Waals surface area (Å²) in [6.07, 6.45) is 4.02. The molecule has 0 radical (unpaired) electrons. The van der Waals surface area contributed by atoms with Gasteiger partial charge in [-0.15, -0.1) is 11.3 Å². The van der Waals surface area contributed by atoms with Crippen LogP contribution in [0.15, 0.2) is 22.2 Å². The summed E-state index contributed by atoms with van der Waals surface area (Å²) in [6, 6.07) is 2.26. The topological polar surface area (TPSA) is 19.4 Å². The lowest BCUT2D eigenvalue weighted by atomic mass is 9.76. The summed E-state index contributed by atoms with van der Waals surface area (Å²) in [6.45, 7) is 8.01. The largest absolute Gasteiger partial charge is 0.299 e. The summed E-state index contributed by atoms with van der Waals surface area (Å²) in [7, 11) is 0. The van der Waals surface area contributed by atoms with Crippen LogP contribution in [0, 0.1) is 6.92 Å². The Morgan fingerprint density at radius 1 is 1.14 bits per heavy atom. The maximum atomic E-state index is 4.64. The predicted molar refractivity (Wildman–Crippen MR) is 93.4 cm³/mol. The van der Waals surface area contributed by atoms with Gasteiger partial charge in [0, 0.05) is 43.6 Å². The molecule has 0 unspecified atom stereocenters. The van der Waals surface area contributed by atoms with Crippen LogP contribution in [0.1, 0.15) is 35.5 Å². The molecule has 2 aromatic rings. The van der Waals surface area contributed by atoms with Gasteiger partial charge in [0.15, 0.2) is 0 Å². The Hall–Kier alpha value is -0.750. The molecule has 2 fully saturated rings. The van der Waals surface area contributed by atoms with E-state index in [2.05, 4.69) is 43.9 Å². The third-order valence-corrected chi connectivity index (χ3v) is 6.86. The molecule has 2 saturated heterocycles. The van der Waals surface area contributed by atoms with E-state index >= 15 is 0 Å². The monoisotopic (exact) mass is 333 g/mol. The lowest BCUT2D eigenvalue weighted by Gasteiger charge is -2.56. The molecule has 0 N–H and O–H groups in total. The fraction of sp³-hybridized carbons (Fsp3) is 0.588. The fourth-order valence-electron chi connectivity index (χ4n) is 3.84. The van der Waals surface area contributed by atoms with Crippen LogP contribution in [0.5, 0.6) is 0 Å². The Morgan fingerprint density at radius 2 is 1.95 bits per heavy atom. The third-order valence-electron chi connectivity index (χ3n) is 5.31. The number of nitrogens with zero attached hydrogens (tertiary/aromatic N) is 3. The average Bonchev–Trinajstić information content (AvgIpc) is 3.16. The number of hydrogen-bond acceptors (Lipinski definition) is 5. The zero-order chi connectivity index (χ0) is 15.0. The molecule has 118 valence electrons. The van der Waals surface area contributed by atoms with Crippen LogP contribution in [0.4, 0.5) is 0 Å². The highest BCUT2D eigenvalue weighted by Gasteiger charge is 2.46. The summed E-state index contributed by atoms with van der Waals surface area (Å²) in [5.41, 5.74) is 3.22. The van der Waals surface area contributed by atoms with Gasteiger partial charge in [0.05, 0.1) is 10.7 Å². The fourth-order valence-corrected chi connectivity index (χ4v) is 5.11. The van der Waals surface area contributed by atoms with Crippen molar-refractivity contribution in [2.75, 3.05) is 19.6 Å². The van der Waals surface area contributed by atoms with Crippen molar-refractivity contribution in [1.29, 1.82) is 0 Å². The summed E-state index contributed by atoms with van der Waals surface area (Å²) < 4.78 is 0. The van der Waals surface area contributed by atoms with E-state index in [4.69, 9.17) is 0 Å². The number of aromatic nitrogens is 1. The van der Waals surface area contributed by atoms with Crippen molar-refractivity contribution in [3.63, 3.8) is 0 Å². The van der Waals surface area contributed by atoms with Gasteiger partial charge in [-0.1, -0.05) is 0 Å². The Bertz CT molecular complexity index is 612. The molecule has 2 aliphatic heterocycles. The maximum Gasteiger partial charge on any atom is 0.0897 e. The zero-order valence-electron chi connectivity index (χ0n) is 13.1. The van der Waals surface area contributed by atoms with Crippen LogP contribution in [0.25, 0.3) is 0 Å². The van der Waals surface area contributed by atoms with Gasteiger partial charge in [0.2, 0.25) is 0 Å². The molecule has 2 aromatic heterocycles. The molecule has 0 aromatic carbocycles. The summed E-state index contributed by atoms with van der Waals surface area (Å²) in [5, 5.41) is 7.89. The molecular weight excluding hydrogens is 310 g/mol. The number of thiophene rings is 1. The number of rotatable bonds is 4. The van der Waals surface area contributed by atoms with Crippen LogP contribution in [0.3, 0.4) is 0 Å². The summed E-state index contributed by atoms with van der Waals surface area (Å²) >= 11 is 3.58. The van der Waals surface area contributed by atoms with Crippen molar-refractivity contribution in [1.82, 2.24) is 14.8 Å². The Kier molecular flexibility index (Phi) is 4.07. The summed E-state index contributed by atoms with van der Waals surface area (Å²) in [5.74, 6) is 0. The second-order valence-electron chi connectivity index (χ2n) is 6.66. The molecule has 22 heavy (non-hydrogen) atoms. The van der Waals surface area contributed by atoms with Gasteiger partial charge in [-0.05, 0) is 48.6 Å². The lowest BCUT2D eigenvalue weighted by Crippen LogP contribution is -2.63. The number of piperidine rings is 1. The van der Waals surface area contributed by atoms with Crippen LogP contribution < -0.4 is 0 Å². The van der Waals surface area contributed by atoms with E-state index in [0.29, 0.717) is 5.54 Å². The second kappa shape index (κ2) is 6.04. The van der Waals surface area contributed by atoms with Crippen molar-refractivity contribution in [2.24, 2.45) is 0 Å². The normalized spacial score (nSPS) is 22.0. The number of aryl methyl sites for hydroxylation is 1. The van der Waals surface area contributed by atoms with Gasteiger partial charge in [-0.2, -0.15) is 11.3 Å². The molecule has 3 nitrogen and oxygen atoms in total. The van der Waals surface area contributed by atoms with Crippen molar-refractivity contribution >= 4 is 22.7 Å². The van der Waals surface area contributed by atoms with Crippen molar-refractivity contribution in [3.8, 4) is 0 Å². The first-order valence-corrected chi connectivity index (χ1v) is 9.95. The third kappa shape index (κ3) is 2.87. The van der Waals surface area contributed by atoms with Gasteiger partial charge >= 0.3 is 0 Å². The molecule has 0 saturated carbocycles. The van der Waals surface area contributed by atoms with E-state index in [1.54, 1.807) is 22.7 Å². The molecule has 1 spiro atoms. The van der Waals surface area contributed by atoms with Crippen molar-refractivity contribution in [2.45, 2.75) is 44.8 Å². The number of likely N-dealkylation sites (tertiary alicyclic amines) is 2. The SMILES string of the molecule is Cc1nc(CN2CCC23CCN(Cc2ccsc2)CC3)cs1. The van der Waals surface area contributed by atoms with E-state index in [9.17, 15) is 0 Å². The smallest absolute Gasteiger partial charge is 0.0897 e. The second-order valence-corrected chi connectivity index (χ2v) is 8.50. The van der Waals surface area contributed by atoms with Gasteiger partial charge in [-0.3, -0.25) is 9.80 Å². The molecular formula is C17H23N3S2. The van der Waals surface area contributed by atoms with E-state index < -0.39 is 0 Å². The van der Waals surface area contributed by atoms with Crippen LogP contribution in [0.2, 0.25) is 0 Å². The Balaban J connectivity index is 1.34. The molecule has 4 heterocycles. The standard InChI is InChI=1S/C17H23N3S2/c1-14-18-16(13-22-14)11-20-8-5-17(20)3-6-19(7-4-17)10-15-2-9-21-12-15/h2,9,12-13H,3-8,10-11H2,1H3. The van der Waals surface area contributed by atoms with Gasteiger partial charge in [0.1, 0.15) is 0 Å². The quantitative estimate of drug-likeness (QED) is 0.849. The molecule has 4 rings (SSSR count). The maximum absolute atomic E-state index is 4.64. The minimum absolute atomic E-state index is 0.475. The first-order chi connectivity index (χ1) is 10.7. The number of hydrogen-bond donors (Lipinski definition) is 0. The zero-order valence-corrected chi connectivity index (χ0v) is 14.8. The lowest BCUT2D eigenvalue weighted by molar-refractivity contribution is -0.0664. The predicted octanol–water partition coefficient (Wildman–Crippen LogP) is 3.75. The molecule has 0 amide bonds. The Morgan fingerprint density at radius 3 is 2.55 bits per heavy atom. The highest BCUT2D eigenvalue weighted by atomic mass is 32.1. The molecule has 0 bridgehead atoms. The van der Waals surface area contributed by atoms with Crippen LogP contribution >= 0.6 is 22.7 Å². The van der Waals surface area contributed by atoms with Gasteiger partial charge in [-0.25, -0.2) is 4.98 Å². The minimum Gasteiger partial charge on any atom is -0.299 e. The molecule has 5 heteroatoms. The van der Waals surface area contributed by atoms with Gasteiger partial charge in [0.25, 0.3) is 0 Å². The van der Waals surface area contributed by atoms with E-state index in [0.717, 1.165) is 13.1 Å². The molecule has 0 aliphatic carbocycles. The van der Waals surface area contributed by atoms with Crippen molar-refractivity contribution < 1.29 is 0 Å². The first kappa shape index (κ1) is 14.8. The van der Waals surface area contributed by atoms with Crippen LogP contribution in [-0.4, -0.2) is 40.0 Å². The summed E-state index contributed by atoms with van der Waals surface area (Å²) in [4.78, 5) is 9.95.